The number of ether oxygens (including phenoxy) is 2. The van der Waals surface area contributed by atoms with Crippen molar-refractivity contribution in [1.29, 1.82) is 0 Å². The van der Waals surface area contributed by atoms with Gasteiger partial charge in [-0.25, -0.2) is 9.36 Å². The van der Waals surface area contributed by atoms with Crippen molar-refractivity contribution in [2.24, 2.45) is 0 Å². The quantitative estimate of drug-likeness (QED) is 0.731. The molecule has 0 bridgehead atoms. The largest absolute Gasteiger partial charge is 0.493 e. The molecule has 27 heavy (non-hydrogen) atoms. The predicted molar refractivity (Wildman–Crippen MR) is 105 cm³/mol. The highest BCUT2D eigenvalue weighted by atomic mass is 32.1. The van der Waals surface area contributed by atoms with Crippen LogP contribution in [0.1, 0.15) is 49.3 Å². The summed E-state index contributed by atoms with van der Waals surface area (Å²) in [6.07, 6.45) is 7.12. The molecule has 0 atom stereocenters. The summed E-state index contributed by atoms with van der Waals surface area (Å²) in [6.45, 7) is 2.47. The van der Waals surface area contributed by atoms with Crippen molar-refractivity contribution in [3.63, 3.8) is 0 Å². The van der Waals surface area contributed by atoms with E-state index in [-0.39, 0.29) is 0 Å². The zero-order valence-electron chi connectivity index (χ0n) is 16.1. The van der Waals surface area contributed by atoms with Crippen LogP contribution in [-0.4, -0.2) is 45.5 Å². The van der Waals surface area contributed by atoms with E-state index in [4.69, 9.17) is 21.7 Å². The topological polar surface area (TPSA) is 57.3 Å². The van der Waals surface area contributed by atoms with E-state index in [9.17, 15) is 0 Å². The lowest BCUT2D eigenvalue weighted by atomic mass is 9.96. The third-order valence-corrected chi connectivity index (χ3v) is 6.11. The number of nitrogens with zero attached hydrogens (tertiary/aromatic N) is 5. The lowest BCUT2D eigenvalue weighted by Crippen LogP contribution is -2.33. The third-order valence-electron chi connectivity index (χ3n) is 5.71. The van der Waals surface area contributed by atoms with Crippen molar-refractivity contribution in [2.75, 3.05) is 20.8 Å². The van der Waals surface area contributed by atoms with Gasteiger partial charge in [0.1, 0.15) is 0 Å². The maximum absolute atomic E-state index is 5.66. The van der Waals surface area contributed by atoms with E-state index in [0.717, 1.165) is 48.6 Å². The number of methoxy groups -OCH3 is 2. The van der Waals surface area contributed by atoms with Gasteiger partial charge in [0.25, 0.3) is 0 Å². The Hall–Kier alpha value is -1.93. The molecule has 0 saturated heterocycles. The van der Waals surface area contributed by atoms with Crippen LogP contribution < -0.4 is 9.47 Å². The third kappa shape index (κ3) is 3.73. The predicted octanol–water partition coefficient (Wildman–Crippen LogP) is 3.35. The van der Waals surface area contributed by atoms with Gasteiger partial charge in [0.2, 0.25) is 4.77 Å². The molecule has 2 aliphatic rings. The molecule has 0 spiro atoms. The standard InChI is InChI=1S/C19H27N5O2S/c1-25-17-10-14-8-9-22(12-15(14)11-18(17)26-2)13-23-19(27)24(21-20-23)16-6-4-3-5-7-16/h10-11,16H,3-9,12-13H2,1-2H3. The molecule has 0 N–H and O–H groups in total. The highest BCUT2D eigenvalue weighted by molar-refractivity contribution is 7.71. The summed E-state index contributed by atoms with van der Waals surface area (Å²) in [5.74, 6) is 1.57. The van der Waals surface area contributed by atoms with Gasteiger partial charge in [-0.15, -0.1) is 0 Å². The first-order valence-corrected chi connectivity index (χ1v) is 10.1. The fraction of sp³-hybridized carbons (Fsp3) is 0.632. The Morgan fingerprint density at radius 3 is 2.44 bits per heavy atom. The molecule has 1 aromatic heterocycles. The molecule has 7 nitrogen and oxygen atoms in total. The van der Waals surface area contributed by atoms with Gasteiger partial charge in [-0.2, -0.15) is 0 Å². The lowest BCUT2D eigenvalue weighted by Gasteiger charge is -2.29. The van der Waals surface area contributed by atoms with Gasteiger partial charge < -0.3 is 9.47 Å². The minimum absolute atomic E-state index is 0.416. The molecule has 1 aliphatic carbocycles. The first kappa shape index (κ1) is 18.4. The Kier molecular flexibility index (Phi) is 5.45. The van der Waals surface area contributed by atoms with Gasteiger partial charge in [-0.1, -0.05) is 19.3 Å². The summed E-state index contributed by atoms with van der Waals surface area (Å²) >= 11 is 5.66. The number of fused-ring (bicyclic) bond motifs is 1. The molecule has 0 unspecified atom stereocenters. The van der Waals surface area contributed by atoms with Gasteiger partial charge in [-0.05, 0) is 65.2 Å². The lowest BCUT2D eigenvalue weighted by molar-refractivity contribution is 0.186. The van der Waals surface area contributed by atoms with Crippen molar-refractivity contribution < 1.29 is 9.47 Å². The van der Waals surface area contributed by atoms with Gasteiger partial charge in [0.15, 0.2) is 11.5 Å². The van der Waals surface area contributed by atoms with E-state index < -0.39 is 0 Å². The number of hydrogen-bond donors (Lipinski definition) is 0. The molecule has 0 radical (unpaired) electrons. The molecule has 1 aromatic carbocycles. The van der Waals surface area contributed by atoms with Crippen LogP contribution in [0.2, 0.25) is 0 Å². The first-order valence-electron chi connectivity index (χ1n) is 9.68. The van der Waals surface area contributed by atoms with E-state index in [0.29, 0.717) is 12.7 Å². The number of aromatic nitrogens is 4. The fourth-order valence-corrected chi connectivity index (χ4v) is 4.46. The van der Waals surface area contributed by atoms with Gasteiger partial charge in [0.05, 0.1) is 26.9 Å². The van der Waals surface area contributed by atoms with Gasteiger partial charge in [-0.3, -0.25) is 4.90 Å². The number of hydrogen-bond acceptors (Lipinski definition) is 6. The Bertz CT molecular complexity index is 856. The summed E-state index contributed by atoms with van der Waals surface area (Å²) in [7, 11) is 3.35. The normalized spacial score (nSPS) is 18.3. The Balaban J connectivity index is 1.49. The van der Waals surface area contributed by atoms with Crippen LogP contribution in [0.15, 0.2) is 12.1 Å². The van der Waals surface area contributed by atoms with E-state index >= 15 is 0 Å². The fourth-order valence-electron chi connectivity index (χ4n) is 4.18. The molecule has 1 fully saturated rings. The Labute approximate surface area is 164 Å². The zero-order chi connectivity index (χ0) is 18.8. The zero-order valence-corrected chi connectivity index (χ0v) is 16.9. The summed E-state index contributed by atoms with van der Waals surface area (Å²) in [6, 6.07) is 4.59. The monoisotopic (exact) mass is 389 g/mol. The maximum atomic E-state index is 5.66. The molecular formula is C19H27N5O2S. The smallest absolute Gasteiger partial charge is 0.217 e. The molecular weight excluding hydrogens is 362 g/mol. The average Bonchev–Trinajstić information content (AvgIpc) is 3.07. The molecule has 0 amide bonds. The van der Waals surface area contributed by atoms with Crippen LogP contribution in [0.5, 0.6) is 11.5 Å². The van der Waals surface area contributed by atoms with Crippen LogP contribution in [0.3, 0.4) is 0 Å². The molecule has 8 heteroatoms. The van der Waals surface area contributed by atoms with Crippen molar-refractivity contribution >= 4 is 12.2 Å². The van der Waals surface area contributed by atoms with Crippen molar-refractivity contribution in [3.05, 3.63) is 28.0 Å². The molecule has 4 rings (SSSR count). The molecule has 146 valence electrons. The highest BCUT2D eigenvalue weighted by Crippen LogP contribution is 2.33. The summed E-state index contributed by atoms with van der Waals surface area (Å²) in [5.41, 5.74) is 2.59. The minimum atomic E-state index is 0.416. The maximum Gasteiger partial charge on any atom is 0.217 e. The second kappa shape index (κ2) is 7.98. The van der Waals surface area contributed by atoms with Crippen LogP contribution in [0.25, 0.3) is 0 Å². The van der Waals surface area contributed by atoms with E-state index in [1.165, 1.54) is 30.4 Å². The van der Waals surface area contributed by atoms with E-state index in [2.05, 4.69) is 27.5 Å². The van der Waals surface area contributed by atoms with E-state index in [1.54, 1.807) is 14.2 Å². The SMILES string of the molecule is COc1cc2c(cc1OC)CN(Cn1nnn(C3CCCCC3)c1=S)CC2. The van der Waals surface area contributed by atoms with Crippen LogP contribution >= 0.6 is 12.2 Å². The van der Waals surface area contributed by atoms with Crippen molar-refractivity contribution in [2.45, 2.75) is 57.8 Å². The van der Waals surface area contributed by atoms with Crippen molar-refractivity contribution in [3.8, 4) is 11.5 Å². The van der Waals surface area contributed by atoms with Crippen LogP contribution in [0, 0.1) is 4.77 Å². The summed E-state index contributed by atoms with van der Waals surface area (Å²) in [5, 5.41) is 8.70. The molecule has 1 saturated carbocycles. The molecule has 1 aliphatic heterocycles. The summed E-state index contributed by atoms with van der Waals surface area (Å²) in [4.78, 5) is 2.35. The van der Waals surface area contributed by atoms with Crippen LogP contribution in [0.4, 0.5) is 0 Å². The van der Waals surface area contributed by atoms with Crippen molar-refractivity contribution in [1.82, 2.24) is 24.7 Å². The second-order valence-electron chi connectivity index (χ2n) is 7.42. The Morgan fingerprint density at radius 2 is 1.74 bits per heavy atom. The molecule has 2 aromatic rings. The highest BCUT2D eigenvalue weighted by Gasteiger charge is 2.22. The molecule has 2 heterocycles. The number of benzene rings is 1. The number of tetrazole rings is 1. The first-order chi connectivity index (χ1) is 13.2. The average molecular weight is 390 g/mol. The van der Waals surface area contributed by atoms with Crippen LogP contribution in [-0.2, 0) is 19.6 Å². The summed E-state index contributed by atoms with van der Waals surface area (Å²) < 4.78 is 15.4. The minimum Gasteiger partial charge on any atom is -0.493 e. The van der Waals surface area contributed by atoms with Gasteiger partial charge >= 0.3 is 0 Å². The number of rotatable bonds is 5. The van der Waals surface area contributed by atoms with Gasteiger partial charge in [0, 0.05) is 13.1 Å². The van der Waals surface area contributed by atoms with E-state index in [1.807, 2.05) is 9.36 Å². The second-order valence-corrected chi connectivity index (χ2v) is 7.78. The Morgan fingerprint density at radius 1 is 1.04 bits per heavy atom.